The van der Waals surface area contributed by atoms with Crippen LogP contribution in [-0.2, 0) is 9.59 Å². The Balaban J connectivity index is 2.28. The molecule has 1 aliphatic heterocycles. The van der Waals surface area contributed by atoms with Gasteiger partial charge in [0, 0.05) is 11.1 Å². The summed E-state index contributed by atoms with van der Waals surface area (Å²) in [6.07, 6.45) is 0. The molecule has 0 aliphatic carbocycles. The summed E-state index contributed by atoms with van der Waals surface area (Å²) in [4.78, 5) is 40.0. The molecule has 0 bridgehead atoms. The molecular weight excluding hydrogens is 396 g/mol. The minimum Gasteiger partial charge on any atom is -0.466 e. The van der Waals surface area contributed by atoms with Crippen LogP contribution >= 0.6 is 0 Å². The number of carbonyl (C=O) groups excluding carboxylic acids is 3. The molecule has 0 saturated carbocycles. The maximum atomic E-state index is 13.7. The van der Waals surface area contributed by atoms with Crippen molar-refractivity contribution in [3.05, 3.63) is 69.7 Å². The van der Waals surface area contributed by atoms with Crippen LogP contribution in [-0.4, -0.2) is 22.9 Å². The fourth-order valence-corrected chi connectivity index (χ4v) is 3.96. The van der Waals surface area contributed by atoms with Crippen molar-refractivity contribution in [2.75, 3.05) is 4.90 Å². The number of rotatable bonds is 4. The number of aryl methyl sites for hydroxylation is 2. The van der Waals surface area contributed by atoms with E-state index in [2.05, 4.69) is 0 Å². The van der Waals surface area contributed by atoms with E-state index in [9.17, 15) is 14.4 Å². The molecule has 31 heavy (non-hydrogen) atoms. The molecule has 1 fully saturated rings. The normalized spacial score (nSPS) is 15.7. The van der Waals surface area contributed by atoms with Gasteiger partial charge in [0.25, 0.3) is 17.7 Å². The minimum absolute atomic E-state index is 0.0525. The van der Waals surface area contributed by atoms with E-state index in [1.54, 1.807) is 31.5 Å². The first kappa shape index (κ1) is 22.2. The molecule has 3 rings (SSSR count). The molecule has 1 aliphatic rings. The van der Waals surface area contributed by atoms with Gasteiger partial charge in [-0.3, -0.25) is 19.6 Å². The Hall–Kier alpha value is -3.45. The van der Waals surface area contributed by atoms with Gasteiger partial charge in [0.05, 0.1) is 16.8 Å². The summed E-state index contributed by atoms with van der Waals surface area (Å²) in [7, 11) is 0. The van der Waals surface area contributed by atoms with Crippen molar-refractivity contribution in [3.8, 4) is 0 Å². The van der Waals surface area contributed by atoms with Crippen LogP contribution in [0, 0.1) is 19.8 Å². The maximum absolute atomic E-state index is 13.7. The molecule has 2 N–H and O–H groups in total. The SMILES string of the molecule is CC(C)=C1C(=O)N(c2cccc(C(=O)NO)c2)C(=O)/C1=C(/c1cc(C)oc1C)C(C)C. The van der Waals surface area contributed by atoms with Crippen molar-refractivity contribution in [1.82, 2.24) is 5.48 Å². The van der Waals surface area contributed by atoms with Gasteiger partial charge in [-0.2, -0.15) is 0 Å². The number of anilines is 1. The van der Waals surface area contributed by atoms with Crippen LogP contribution in [0.3, 0.4) is 0 Å². The Morgan fingerprint density at radius 2 is 1.71 bits per heavy atom. The maximum Gasteiger partial charge on any atom is 0.274 e. The van der Waals surface area contributed by atoms with Crippen LogP contribution in [0.1, 0.15) is 55.1 Å². The monoisotopic (exact) mass is 422 g/mol. The zero-order valence-corrected chi connectivity index (χ0v) is 18.5. The average Bonchev–Trinajstić information content (AvgIpc) is 3.16. The second-order valence-electron chi connectivity index (χ2n) is 8.08. The lowest BCUT2D eigenvalue weighted by molar-refractivity contribution is -0.119. The Labute approximate surface area is 181 Å². The van der Waals surface area contributed by atoms with Gasteiger partial charge in [0.2, 0.25) is 0 Å². The number of hydrogen-bond acceptors (Lipinski definition) is 5. The van der Waals surface area contributed by atoms with Crippen LogP contribution in [0.15, 0.2) is 51.5 Å². The molecule has 0 radical (unpaired) electrons. The van der Waals surface area contributed by atoms with Gasteiger partial charge in [0.1, 0.15) is 11.5 Å². The van der Waals surface area contributed by atoms with Crippen molar-refractivity contribution >= 4 is 29.0 Å². The lowest BCUT2D eigenvalue weighted by Gasteiger charge is -2.16. The Morgan fingerprint density at radius 1 is 1.06 bits per heavy atom. The van der Waals surface area contributed by atoms with E-state index in [0.717, 1.165) is 27.4 Å². The standard InChI is InChI=1S/C24H26N2O5/c1-12(2)19(18-10-14(5)31-15(18)6)21-20(13(3)4)23(28)26(24(21)29)17-9-7-8-16(11-17)22(27)25-30/h7-12,30H,1-6H3,(H,25,27)/b21-19+. The van der Waals surface area contributed by atoms with E-state index in [0.29, 0.717) is 16.9 Å². The number of amides is 3. The number of hydrogen-bond donors (Lipinski definition) is 2. The predicted octanol–water partition coefficient (Wildman–Crippen LogP) is 4.33. The highest BCUT2D eigenvalue weighted by Gasteiger charge is 2.43. The summed E-state index contributed by atoms with van der Waals surface area (Å²) >= 11 is 0. The fraction of sp³-hybridized carbons (Fsp3) is 0.292. The van der Waals surface area contributed by atoms with Gasteiger partial charge in [0.15, 0.2) is 0 Å². The third-order valence-corrected chi connectivity index (χ3v) is 5.23. The molecule has 2 aromatic rings. The Morgan fingerprint density at radius 3 is 2.23 bits per heavy atom. The molecule has 2 heterocycles. The van der Waals surface area contributed by atoms with Crippen LogP contribution in [0.5, 0.6) is 0 Å². The molecule has 7 nitrogen and oxygen atoms in total. The van der Waals surface area contributed by atoms with Crippen molar-refractivity contribution in [2.24, 2.45) is 5.92 Å². The first-order valence-electron chi connectivity index (χ1n) is 10.0. The lowest BCUT2D eigenvalue weighted by Crippen LogP contribution is -2.30. The van der Waals surface area contributed by atoms with Crippen molar-refractivity contribution < 1.29 is 24.0 Å². The molecule has 1 saturated heterocycles. The molecule has 3 amide bonds. The first-order chi connectivity index (χ1) is 14.6. The van der Waals surface area contributed by atoms with E-state index in [-0.39, 0.29) is 17.2 Å². The van der Waals surface area contributed by atoms with E-state index < -0.39 is 17.7 Å². The van der Waals surface area contributed by atoms with Crippen LogP contribution in [0.25, 0.3) is 5.57 Å². The van der Waals surface area contributed by atoms with Crippen molar-refractivity contribution in [3.63, 3.8) is 0 Å². The summed E-state index contributed by atoms with van der Waals surface area (Å²) in [5.41, 5.74) is 4.92. The van der Waals surface area contributed by atoms with Crippen LogP contribution < -0.4 is 10.4 Å². The van der Waals surface area contributed by atoms with Gasteiger partial charge >= 0.3 is 0 Å². The van der Waals surface area contributed by atoms with Crippen LogP contribution in [0.2, 0.25) is 0 Å². The van der Waals surface area contributed by atoms with E-state index in [4.69, 9.17) is 9.62 Å². The number of imide groups is 1. The molecule has 0 spiro atoms. The number of furan rings is 1. The zero-order valence-electron chi connectivity index (χ0n) is 18.5. The second-order valence-corrected chi connectivity index (χ2v) is 8.08. The highest BCUT2D eigenvalue weighted by molar-refractivity contribution is 6.39. The molecule has 0 unspecified atom stereocenters. The third kappa shape index (κ3) is 3.84. The van der Waals surface area contributed by atoms with Gasteiger partial charge in [-0.1, -0.05) is 25.5 Å². The predicted molar refractivity (Wildman–Crippen MR) is 117 cm³/mol. The zero-order chi connectivity index (χ0) is 23.0. The van der Waals surface area contributed by atoms with E-state index in [1.165, 1.54) is 12.1 Å². The summed E-state index contributed by atoms with van der Waals surface area (Å²) < 4.78 is 5.70. The molecule has 0 atom stereocenters. The van der Waals surface area contributed by atoms with E-state index in [1.807, 2.05) is 33.8 Å². The van der Waals surface area contributed by atoms with Gasteiger partial charge in [-0.25, -0.2) is 10.4 Å². The number of allylic oxidation sites excluding steroid dienone is 2. The third-order valence-electron chi connectivity index (χ3n) is 5.23. The molecule has 1 aromatic heterocycles. The lowest BCUT2D eigenvalue weighted by atomic mass is 9.87. The Bertz CT molecular complexity index is 1150. The number of benzene rings is 1. The molecule has 7 heteroatoms. The highest BCUT2D eigenvalue weighted by Crippen LogP contribution is 2.41. The summed E-state index contributed by atoms with van der Waals surface area (Å²) in [6.45, 7) is 11.2. The van der Waals surface area contributed by atoms with Crippen LogP contribution in [0.4, 0.5) is 5.69 Å². The van der Waals surface area contributed by atoms with Crippen molar-refractivity contribution in [1.29, 1.82) is 0 Å². The fourth-order valence-electron chi connectivity index (χ4n) is 3.96. The van der Waals surface area contributed by atoms with Gasteiger partial charge in [-0.15, -0.1) is 0 Å². The average molecular weight is 422 g/mol. The summed E-state index contributed by atoms with van der Waals surface area (Å²) in [5, 5.41) is 8.92. The number of carbonyl (C=O) groups is 3. The molecule has 162 valence electrons. The molecular formula is C24H26N2O5. The van der Waals surface area contributed by atoms with Crippen molar-refractivity contribution in [2.45, 2.75) is 41.5 Å². The number of hydroxylamine groups is 1. The highest BCUT2D eigenvalue weighted by atomic mass is 16.5. The van der Waals surface area contributed by atoms with Gasteiger partial charge in [-0.05, 0) is 63.5 Å². The summed E-state index contributed by atoms with van der Waals surface area (Å²) in [6, 6.07) is 7.90. The Kier molecular flexibility index (Phi) is 5.99. The quantitative estimate of drug-likeness (QED) is 0.331. The largest absolute Gasteiger partial charge is 0.466 e. The minimum atomic E-state index is -0.730. The van der Waals surface area contributed by atoms with Gasteiger partial charge < -0.3 is 4.42 Å². The number of nitrogens with zero attached hydrogens (tertiary/aromatic N) is 1. The first-order valence-corrected chi connectivity index (χ1v) is 10.0. The smallest absolute Gasteiger partial charge is 0.274 e. The topological polar surface area (TPSA) is 99.9 Å². The number of nitrogens with one attached hydrogen (secondary N) is 1. The van der Waals surface area contributed by atoms with E-state index >= 15 is 0 Å². The molecule has 1 aromatic carbocycles. The second kappa shape index (κ2) is 8.35. The summed E-state index contributed by atoms with van der Waals surface area (Å²) in [5.74, 6) is -0.277.